The lowest BCUT2D eigenvalue weighted by Crippen LogP contribution is -2.26. The summed E-state index contributed by atoms with van der Waals surface area (Å²) in [5.41, 5.74) is 1.49. The maximum atomic E-state index is 5.79. The molecule has 0 spiro atoms. The van der Waals surface area contributed by atoms with Gasteiger partial charge in [0.15, 0.2) is 0 Å². The highest BCUT2D eigenvalue weighted by molar-refractivity contribution is 5.27. The molecule has 158 valence electrons. The van der Waals surface area contributed by atoms with E-state index in [-0.39, 0.29) is 0 Å². The minimum Gasteiger partial charge on any atom is -0.494 e. The van der Waals surface area contributed by atoms with Gasteiger partial charge in [-0.2, -0.15) is 0 Å². The summed E-state index contributed by atoms with van der Waals surface area (Å²) in [5, 5.41) is 0. The lowest BCUT2D eigenvalue weighted by atomic mass is 9.68. The Bertz CT molecular complexity index is 518. The summed E-state index contributed by atoms with van der Waals surface area (Å²) in [6, 6.07) is 8.89. The molecule has 0 atom stereocenters. The molecule has 0 amide bonds. The molecule has 2 fully saturated rings. The minimum atomic E-state index is 0.847. The summed E-state index contributed by atoms with van der Waals surface area (Å²) in [5.74, 6) is 5.17. The van der Waals surface area contributed by atoms with Crippen molar-refractivity contribution < 1.29 is 4.74 Å². The van der Waals surface area contributed by atoms with Crippen LogP contribution in [0.4, 0.5) is 0 Å². The molecule has 0 bridgehead atoms. The van der Waals surface area contributed by atoms with Gasteiger partial charge in [-0.25, -0.2) is 0 Å². The van der Waals surface area contributed by atoms with Crippen molar-refractivity contribution in [3.63, 3.8) is 0 Å². The summed E-state index contributed by atoms with van der Waals surface area (Å²) in [4.78, 5) is 0. The van der Waals surface area contributed by atoms with Crippen LogP contribution in [0.5, 0.6) is 5.75 Å². The van der Waals surface area contributed by atoms with E-state index in [9.17, 15) is 0 Å². The fourth-order valence-electron chi connectivity index (χ4n) is 5.76. The summed E-state index contributed by atoms with van der Waals surface area (Å²) in [7, 11) is 0. The van der Waals surface area contributed by atoms with E-state index in [1.807, 2.05) is 0 Å². The average molecular weight is 385 g/mol. The van der Waals surface area contributed by atoms with Gasteiger partial charge in [0, 0.05) is 0 Å². The molecule has 0 saturated heterocycles. The molecule has 0 N–H and O–H groups in total. The SMILES string of the molecule is CCCCOc1ccc(CCC2CCC(C3CCC(CCC)CC3)CC2)cc1. The van der Waals surface area contributed by atoms with E-state index in [0.29, 0.717) is 0 Å². The molecule has 3 rings (SSSR count). The van der Waals surface area contributed by atoms with Crippen molar-refractivity contribution in [1.82, 2.24) is 0 Å². The first kappa shape index (κ1) is 21.7. The Hall–Kier alpha value is -0.980. The van der Waals surface area contributed by atoms with Crippen LogP contribution in [0.1, 0.15) is 103 Å². The molecule has 2 saturated carbocycles. The first-order valence-corrected chi connectivity index (χ1v) is 12.5. The maximum absolute atomic E-state index is 5.79. The van der Waals surface area contributed by atoms with Crippen LogP contribution in [-0.4, -0.2) is 6.61 Å². The Labute approximate surface area is 174 Å². The predicted octanol–water partition coefficient (Wildman–Crippen LogP) is 8.21. The van der Waals surface area contributed by atoms with Crippen LogP contribution < -0.4 is 4.74 Å². The molecule has 0 radical (unpaired) electrons. The number of hydrogen-bond donors (Lipinski definition) is 0. The van der Waals surface area contributed by atoms with Crippen molar-refractivity contribution in [2.45, 2.75) is 104 Å². The first-order chi connectivity index (χ1) is 13.8. The van der Waals surface area contributed by atoms with Gasteiger partial charge in [0.2, 0.25) is 0 Å². The molecule has 2 aliphatic rings. The van der Waals surface area contributed by atoms with Gasteiger partial charge in [0.05, 0.1) is 6.61 Å². The number of rotatable bonds is 10. The van der Waals surface area contributed by atoms with E-state index < -0.39 is 0 Å². The van der Waals surface area contributed by atoms with Gasteiger partial charge in [-0.15, -0.1) is 0 Å². The second kappa shape index (κ2) is 11.9. The van der Waals surface area contributed by atoms with E-state index in [1.165, 1.54) is 89.0 Å². The summed E-state index contributed by atoms with van der Waals surface area (Å²) < 4.78 is 5.79. The molecule has 0 aromatic heterocycles. The molecule has 1 aromatic rings. The smallest absolute Gasteiger partial charge is 0.119 e. The van der Waals surface area contributed by atoms with Gasteiger partial charge in [-0.05, 0) is 86.3 Å². The molecule has 0 aliphatic heterocycles. The van der Waals surface area contributed by atoms with Gasteiger partial charge in [-0.1, -0.05) is 70.9 Å². The van der Waals surface area contributed by atoms with Gasteiger partial charge in [-0.3, -0.25) is 0 Å². The van der Waals surface area contributed by atoms with E-state index in [4.69, 9.17) is 4.74 Å². The quantitative estimate of drug-likeness (QED) is 0.369. The van der Waals surface area contributed by atoms with Crippen LogP contribution in [0.2, 0.25) is 0 Å². The highest BCUT2D eigenvalue weighted by atomic mass is 16.5. The fraction of sp³-hybridized carbons (Fsp3) is 0.778. The van der Waals surface area contributed by atoms with Crippen LogP contribution in [0.25, 0.3) is 0 Å². The largest absolute Gasteiger partial charge is 0.494 e. The van der Waals surface area contributed by atoms with E-state index >= 15 is 0 Å². The third kappa shape index (κ3) is 6.82. The highest BCUT2D eigenvalue weighted by Gasteiger charge is 2.30. The summed E-state index contributed by atoms with van der Waals surface area (Å²) in [6.07, 6.45) is 19.9. The number of benzene rings is 1. The molecular weight excluding hydrogens is 340 g/mol. The fourth-order valence-corrected chi connectivity index (χ4v) is 5.76. The van der Waals surface area contributed by atoms with Crippen molar-refractivity contribution >= 4 is 0 Å². The minimum absolute atomic E-state index is 0.847. The van der Waals surface area contributed by atoms with Crippen LogP contribution in [0.3, 0.4) is 0 Å². The first-order valence-electron chi connectivity index (χ1n) is 12.5. The summed E-state index contributed by atoms with van der Waals surface area (Å²) in [6.45, 7) is 5.40. The van der Waals surface area contributed by atoms with Crippen molar-refractivity contribution in [1.29, 1.82) is 0 Å². The Morgan fingerprint density at radius 3 is 1.82 bits per heavy atom. The number of ether oxygens (including phenoxy) is 1. The third-order valence-corrected chi connectivity index (χ3v) is 7.68. The van der Waals surface area contributed by atoms with Crippen molar-refractivity contribution in [2.75, 3.05) is 6.61 Å². The van der Waals surface area contributed by atoms with Crippen LogP contribution in [0.15, 0.2) is 24.3 Å². The molecule has 28 heavy (non-hydrogen) atoms. The van der Waals surface area contributed by atoms with Crippen LogP contribution >= 0.6 is 0 Å². The topological polar surface area (TPSA) is 9.23 Å². The van der Waals surface area contributed by atoms with Gasteiger partial charge >= 0.3 is 0 Å². The van der Waals surface area contributed by atoms with Crippen molar-refractivity contribution in [2.24, 2.45) is 23.7 Å². The van der Waals surface area contributed by atoms with Gasteiger partial charge in [0.1, 0.15) is 5.75 Å². The second-order valence-electron chi connectivity index (χ2n) is 9.73. The molecule has 1 aromatic carbocycles. The zero-order valence-corrected chi connectivity index (χ0v) is 18.6. The van der Waals surface area contributed by atoms with Crippen LogP contribution in [0, 0.1) is 23.7 Å². The lowest BCUT2D eigenvalue weighted by molar-refractivity contribution is 0.141. The van der Waals surface area contributed by atoms with E-state index in [2.05, 4.69) is 38.1 Å². The Morgan fingerprint density at radius 2 is 1.29 bits per heavy atom. The highest BCUT2D eigenvalue weighted by Crippen LogP contribution is 2.42. The standard InChI is InChI=1S/C27H44O/c1-3-5-21-28-27-19-13-24(14-20-27)8-7-23-11-17-26(18-12-23)25-15-9-22(6-4-2)10-16-25/h13-14,19-20,22-23,25-26H,3-12,15-18,21H2,1-2H3. The molecule has 2 aliphatic carbocycles. The predicted molar refractivity (Wildman–Crippen MR) is 121 cm³/mol. The number of aryl methyl sites for hydroxylation is 1. The Morgan fingerprint density at radius 1 is 0.714 bits per heavy atom. The Kier molecular flexibility index (Phi) is 9.22. The molecular formula is C27H44O. The Balaban J connectivity index is 1.32. The molecule has 0 heterocycles. The van der Waals surface area contributed by atoms with E-state index in [0.717, 1.165) is 42.4 Å². The van der Waals surface area contributed by atoms with Gasteiger partial charge in [0.25, 0.3) is 0 Å². The maximum Gasteiger partial charge on any atom is 0.119 e. The molecule has 0 unspecified atom stereocenters. The lowest BCUT2D eigenvalue weighted by Gasteiger charge is -2.38. The third-order valence-electron chi connectivity index (χ3n) is 7.68. The van der Waals surface area contributed by atoms with Gasteiger partial charge < -0.3 is 4.74 Å². The monoisotopic (exact) mass is 384 g/mol. The van der Waals surface area contributed by atoms with Crippen molar-refractivity contribution in [3.8, 4) is 5.75 Å². The molecule has 1 heteroatoms. The summed E-state index contributed by atoms with van der Waals surface area (Å²) >= 11 is 0. The van der Waals surface area contributed by atoms with E-state index in [1.54, 1.807) is 0 Å². The zero-order valence-electron chi connectivity index (χ0n) is 18.6. The zero-order chi connectivity index (χ0) is 19.6. The number of unbranched alkanes of at least 4 members (excludes halogenated alkanes) is 1. The second-order valence-corrected chi connectivity index (χ2v) is 9.73. The average Bonchev–Trinajstić information content (AvgIpc) is 2.75. The number of hydrogen-bond acceptors (Lipinski definition) is 1. The van der Waals surface area contributed by atoms with Crippen LogP contribution in [-0.2, 0) is 6.42 Å². The van der Waals surface area contributed by atoms with Crippen molar-refractivity contribution in [3.05, 3.63) is 29.8 Å². The molecule has 1 nitrogen and oxygen atoms in total. The normalized spacial score (nSPS) is 28.2.